The third-order valence-electron chi connectivity index (χ3n) is 3.86. The van der Waals surface area contributed by atoms with Crippen molar-refractivity contribution < 1.29 is 0 Å². The molecule has 2 aromatic heterocycles. The molecule has 1 unspecified atom stereocenters. The summed E-state index contributed by atoms with van der Waals surface area (Å²) in [6.07, 6.45) is 4.11. The maximum Gasteiger partial charge on any atom is 0.350 e. The molecule has 0 spiro atoms. The molecule has 19 heavy (non-hydrogen) atoms. The normalized spacial score (nSPS) is 20.4. The summed E-state index contributed by atoms with van der Waals surface area (Å²) in [5, 5.41) is 4.33. The molecule has 0 bridgehead atoms. The molecule has 1 atom stereocenters. The van der Waals surface area contributed by atoms with E-state index >= 15 is 0 Å². The minimum absolute atomic E-state index is 0.0703. The zero-order valence-electron chi connectivity index (χ0n) is 10.9. The Morgan fingerprint density at radius 2 is 2.26 bits per heavy atom. The molecule has 0 amide bonds. The predicted molar refractivity (Wildman–Crippen MR) is 73.1 cm³/mol. The Bertz CT molecular complexity index is 617. The van der Waals surface area contributed by atoms with Gasteiger partial charge in [-0.25, -0.2) is 9.48 Å². The van der Waals surface area contributed by atoms with Gasteiger partial charge in [-0.15, -0.1) is 5.10 Å². The van der Waals surface area contributed by atoms with Gasteiger partial charge in [0.1, 0.15) is 0 Å². The van der Waals surface area contributed by atoms with Crippen LogP contribution in [0, 0.1) is 0 Å². The first-order valence-corrected chi connectivity index (χ1v) is 6.78. The van der Waals surface area contributed by atoms with Gasteiger partial charge in [-0.2, -0.15) is 0 Å². The molecule has 0 radical (unpaired) electrons. The van der Waals surface area contributed by atoms with E-state index in [0.29, 0.717) is 24.8 Å². The molecule has 3 rings (SSSR count). The number of nitrogens with two attached hydrogens (primary N) is 1. The summed E-state index contributed by atoms with van der Waals surface area (Å²) in [6.45, 7) is 3.23. The van der Waals surface area contributed by atoms with Crippen molar-refractivity contribution >= 4 is 5.65 Å². The monoisotopic (exact) mass is 261 g/mol. The van der Waals surface area contributed by atoms with Gasteiger partial charge in [0.15, 0.2) is 5.65 Å². The van der Waals surface area contributed by atoms with E-state index in [9.17, 15) is 4.79 Å². The van der Waals surface area contributed by atoms with Crippen LogP contribution in [-0.2, 0) is 6.54 Å². The van der Waals surface area contributed by atoms with E-state index < -0.39 is 0 Å². The van der Waals surface area contributed by atoms with Crippen molar-refractivity contribution in [2.75, 3.05) is 19.6 Å². The number of pyridine rings is 1. The number of aromatic nitrogens is 3. The minimum Gasteiger partial charge on any atom is -0.329 e. The number of likely N-dealkylation sites (tertiary alicyclic amines) is 1. The zero-order valence-corrected chi connectivity index (χ0v) is 10.9. The third kappa shape index (κ3) is 2.29. The summed E-state index contributed by atoms with van der Waals surface area (Å²) in [5.74, 6) is 0. The van der Waals surface area contributed by atoms with Gasteiger partial charge in [-0.1, -0.05) is 6.07 Å². The van der Waals surface area contributed by atoms with Gasteiger partial charge < -0.3 is 5.73 Å². The van der Waals surface area contributed by atoms with E-state index in [4.69, 9.17) is 5.73 Å². The highest BCUT2D eigenvalue weighted by Gasteiger charge is 2.22. The van der Waals surface area contributed by atoms with Crippen LogP contribution in [0.2, 0.25) is 0 Å². The van der Waals surface area contributed by atoms with Crippen LogP contribution in [0.4, 0.5) is 0 Å². The third-order valence-corrected chi connectivity index (χ3v) is 3.86. The van der Waals surface area contributed by atoms with Crippen LogP contribution >= 0.6 is 0 Å². The maximum atomic E-state index is 12.1. The molecular formula is C13H19N5O. The Balaban J connectivity index is 1.75. The standard InChI is InChI=1S/C13H19N5O/c14-10-11-4-3-6-16(11)8-9-18-13(19)17-7-2-1-5-12(17)15-18/h1-2,5,7,11H,3-4,6,8-10,14H2. The number of rotatable bonds is 4. The average Bonchev–Trinajstić information content (AvgIpc) is 3.01. The molecule has 1 aliphatic heterocycles. The van der Waals surface area contributed by atoms with Gasteiger partial charge in [0.25, 0.3) is 0 Å². The first-order valence-electron chi connectivity index (χ1n) is 6.78. The molecule has 1 saturated heterocycles. The summed E-state index contributed by atoms with van der Waals surface area (Å²) in [4.78, 5) is 14.5. The van der Waals surface area contributed by atoms with Crippen LogP contribution in [0.25, 0.3) is 5.65 Å². The first kappa shape index (κ1) is 12.4. The number of hydrogen-bond donors (Lipinski definition) is 1. The fraction of sp³-hybridized carbons (Fsp3) is 0.538. The lowest BCUT2D eigenvalue weighted by molar-refractivity contribution is 0.243. The van der Waals surface area contributed by atoms with Gasteiger partial charge in [0.05, 0.1) is 6.54 Å². The quantitative estimate of drug-likeness (QED) is 0.836. The van der Waals surface area contributed by atoms with Gasteiger partial charge in [0, 0.05) is 25.3 Å². The number of hydrogen-bond acceptors (Lipinski definition) is 4. The molecule has 2 N–H and O–H groups in total. The van der Waals surface area contributed by atoms with Crippen molar-refractivity contribution in [2.45, 2.75) is 25.4 Å². The lowest BCUT2D eigenvalue weighted by Crippen LogP contribution is -2.38. The first-order chi connectivity index (χ1) is 9.29. The smallest absolute Gasteiger partial charge is 0.329 e. The highest BCUT2D eigenvalue weighted by atomic mass is 16.2. The Labute approximate surface area is 111 Å². The number of fused-ring (bicyclic) bond motifs is 1. The van der Waals surface area contributed by atoms with Gasteiger partial charge in [0.2, 0.25) is 0 Å². The molecule has 1 fully saturated rings. The van der Waals surface area contributed by atoms with E-state index in [1.165, 1.54) is 6.42 Å². The molecule has 0 aliphatic carbocycles. The molecule has 0 saturated carbocycles. The topological polar surface area (TPSA) is 68.6 Å². The van der Waals surface area contributed by atoms with Gasteiger partial charge in [-0.3, -0.25) is 9.30 Å². The summed E-state index contributed by atoms with van der Waals surface area (Å²) in [5.41, 5.74) is 6.38. The Hall–Kier alpha value is -1.66. The SMILES string of the molecule is NCC1CCCN1CCn1nc2ccccn2c1=O. The zero-order chi connectivity index (χ0) is 13.2. The maximum absolute atomic E-state index is 12.1. The second kappa shape index (κ2) is 5.14. The molecular weight excluding hydrogens is 242 g/mol. The molecule has 6 heteroatoms. The van der Waals surface area contributed by atoms with Crippen molar-refractivity contribution in [2.24, 2.45) is 5.73 Å². The van der Waals surface area contributed by atoms with Crippen LogP contribution in [0.5, 0.6) is 0 Å². The van der Waals surface area contributed by atoms with Crippen LogP contribution in [-0.4, -0.2) is 44.8 Å². The fourth-order valence-electron chi connectivity index (χ4n) is 2.79. The van der Waals surface area contributed by atoms with Gasteiger partial charge in [-0.05, 0) is 31.5 Å². The van der Waals surface area contributed by atoms with Crippen LogP contribution in [0.3, 0.4) is 0 Å². The second-order valence-corrected chi connectivity index (χ2v) is 5.00. The minimum atomic E-state index is -0.0703. The highest BCUT2D eigenvalue weighted by Crippen LogP contribution is 2.15. The van der Waals surface area contributed by atoms with Crippen molar-refractivity contribution in [3.8, 4) is 0 Å². The Morgan fingerprint density at radius 3 is 3.05 bits per heavy atom. The molecule has 6 nitrogen and oxygen atoms in total. The largest absolute Gasteiger partial charge is 0.350 e. The van der Waals surface area contributed by atoms with Crippen LogP contribution in [0.1, 0.15) is 12.8 Å². The lowest BCUT2D eigenvalue weighted by Gasteiger charge is -2.22. The van der Waals surface area contributed by atoms with E-state index in [1.807, 2.05) is 18.2 Å². The molecule has 3 heterocycles. The van der Waals surface area contributed by atoms with E-state index in [-0.39, 0.29) is 5.69 Å². The Morgan fingerprint density at radius 1 is 1.37 bits per heavy atom. The Kier molecular flexibility index (Phi) is 3.35. The average molecular weight is 261 g/mol. The van der Waals surface area contributed by atoms with Crippen molar-refractivity contribution in [1.29, 1.82) is 0 Å². The molecule has 0 aromatic carbocycles. The van der Waals surface area contributed by atoms with Crippen LogP contribution in [0.15, 0.2) is 29.2 Å². The predicted octanol–water partition coefficient (Wildman–Crippen LogP) is -0.0809. The molecule has 2 aromatic rings. The second-order valence-electron chi connectivity index (χ2n) is 5.00. The van der Waals surface area contributed by atoms with Gasteiger partial charge >= 0.3 is 5.69 Å². The van der Waals surface area contributed by atoms with E-state index in [0.717, 1.165) is 19.5 Å². The summed E-state index contributed by atoms with van der Waals surface area (Å²) < 4.78 is 3.12. The number of nitrogens with zero attached hydrogens (tertiary/aromatic N) is 4. The van der Waals surface area contributed by atoms with Crippen molar-refractivity contribution in [1.82, 2.24) is 19.1 Å². The fourth-order valence-corrected chi connectivity index (χ4v) is 2.79. The van der Waals surface area contributed by atoms with Crippen molar-refractivity contribution in [3.05, 3.63) is 34.9 Å². The lowest BCUT2D eigenvalue weighted by atomic mass is 10.2. The molecule has 1 aliphatic rings. The molecule has 102 valence electrons. The van der Waals surface area contributed by atoms with E-state index in [2.05, 4.69) is 10.00 Å². The van der Waals surface area contributed by atoms with Crippen molar-refractivity contribution in [3.63, 3.8) is 0 Å². The van der Waals surface area contributed by atoms with E-state index in [1.54, 1.807) is 15.3 Å². The highest BCUT2D eigenvalue weighted by molar-refractivity contribution is 5.35. The summed E-state index contributed by atoms with van der Waals surface area (Å²) in [7, 11) is 0. The van der Waals surface area contributed by atoms with Crippen LogP contribution < -0.4 is 11.4 Å². The summed E-state index contributed by atoms with van der Waals surface area (Å²) in [6, 6.07) is 6.03. The summed E-state index contributed by atoms with van der Waals surface area (Å²) >= 11 is 0.